The van der Waals surface area contributed by atoms with Crippen LogP contribution in [0.15, 0.2) is 47.6 Å². The molecule has 8 heteroatoms. The van der Waals surface area contributed by atoms with Crippen molar-refractivity contribution in [2.45, 2.75) is 19.0 Å². The summed E-state index contributed by atoms with van der Waals surface area (Å²) >= 11 is 1.14. The number of para-hydroxylation sites is 1. The van der Waals surface area contributed by atoms with E-state index in [1.54, 1.807) is 18.2 Å². The number of aryl methyl sites for hydroxylation is 1. The lowest BCUT2D eigenvalue weighted by Gasteiger charge is -2.10. The normalized spacial score (nSPS) is 10.7. The molecule has 25 heavy (non-hydrogen) atoms. The van der Waals surface area contributed by atoms with Crippen molar-refractivity contribution in [1.29, 1.82) is 0 Å². The van der Waals surface area contributed by atoms with Crippen LogP contribution in [-0.4, -0.2) is 31.9 Å². The first-order valence-corrected chi connectivity index (χ1v) is 8.57. The van der Waals surface area contributed by atoms with E-state index in [2.05, 4.69) is 20.8 Å². The maximum Gasteiger partial charge on any atom is 0.234 e. The fourth-order valence-corrected chi connectivity index (χ4v) is 2.93. The van der Waals surface area contributed by atoms with Gasteiger partial charge in [-0.3, -0.25) is 4.79 Å². The lowest BCUT2D eigenvalue weighted by Crippen LogP contribution is -2.15. The van der Waals surface area contributed by atoms with Crippen LogP contribution in [0.3, 0.4) is 0 Å². The molecule has 0 saturated heterocycles. The number of hydrogen-bond donors (Lipinski definition) is 1. The molecule has 0 saturated carbocycles. The van der Waals surface area contributed by atoms with Crippen molar-refractivity contribution in [1.82, 2.24) is 20.2 Å². The van der Waals surface area contributed by atoms with E-state index in [9.17, 15) is 9.18 Å². The van der Waals surface area contributed by atoms with E-state index >= 15 is 0 Å². The molecule has 0 spiro atoms. The van der Waals surface area contributed by atoms with Crippen LogP contribution in [0.4, 0.5) is 10.1 Å². The van der Waals surface area contributed by atoms with Gasteiger partial charge in [-0.05, 0) is 53.6 Å². The average molecular weight is 357 g/mol. The summed E-state index contributed by atoms with van der Waals surface area (Å²) in [6.45, 7) is 3.94. The zero-order chi connectivity index (χ0) is 17.8. The molecule has 2 aromatic carbocycles. The molecule has 0 aliphatic carbocycles. The first-order valence-electron chi connectivity index (χ1n) is 7.58. The molecular weight excluding hydrogens is 341 g/mol. The molecule has 0 fully saturated rings. The number of nitrogens with one attached hydrogen (secondary N) is 1. The summed E-state index contributed by atoms with van der Waals surface area (Å²) in [6, 6.07) is 11.9. The van der Waals surface area contributed by atoms with Gasteiger partial charge in [-0.1, -0.05) is 36.0 Å². The van der Waals surface area contributed by atoms with Gasteiger partial charge in [0.05, 0.1) is 5.75 Å². The molecule has 1 aromatic heterocycles. The number of nitrogens with zero attached hydrogens (tertiary/aromatic N) is 4. The molecule has 3 rings (SSSR count). The molecule has 0 aliphatic rings. The van der Waals surface area contributed by atoms with Gasteiger partial charge < -0.3 is 5.32 Å². The average Bonchev–Trinajstić information content (AvgIpc) is 3.06. The topological polar surface area (TPSA) is 72.7 Å². The SMILES string of the molecule is Cc1cccc(NC(=O)CSc2nnnn2-c2ccccc2F)c1C. The highest BCUT2D eigenvalue weighted by Crippen LogP contribution is 2.21. The number of rotatable bonds is 5. The van der Waals surface area contributed by atoms with Crippen LogP contribution < -0.4 is 5.32 Å². The Kier molecular flexibility index (Phi) is 5.08. The number of amides is 1. The van der Waals surface area contributed by atoms with E-state index in [4.69, 9.17) is 0 Å². The predicted molar refractivity (Wildman–Crippen MR) is 94.4 cm³/mol. The van der Waals surface area contributed by atoms with E-state index in [0.717, 1.165) is 28.6 Å². The molecule has 128 valence electrons. The van der Waals surface area contributed by atoms with Gasteiger partial charge in [0, 0.05) is 5.69 Å². The van der Waals surface area contributed by atoms with E-state index in [0.29, 0.717) is 5.16 Å². The van der Waals surface area contributed by atoms with Gasteiger partial charge in [0.1, 0.15) is 11.5 Å². The highest BCUT2D eigenvalue weighted by atomic mass is 32.2. The van der Waals surface area contributed by atoms with Gasteiger partial charge in [-0.15, -0.1) is 5.10 Å². The summed E-state index contributed by atoms with van der Waals surface area (Å²) in [5, 5.41) is 14.5. The van der Waals surface area contributed by atoms with Crippen LogP contribution in [0.5, 0.6) is 0 Å². The molecule has 0 bridgehead atoms. The highest BCUT2D eigenvalue weighted by molar-refractivity contribution is 7.99. The molecule has 0 unspecified atom stereocenters. The quantitative estimate of drug-likeness (QED) is 0.710. The maximum atomic E-state index is 13.9. The van der Waals surface area contributed by atoms with Crippen molar-refractivity contribution in [3.05, 3.63) is 59.4 Å². The van der Waals surface area contributed by atoms with Gasteiger partial charge in [0.15, 0.2) is 0 Å². The molecule has 6 nitrogen and oxygen atoms in total. The van der Waals surface area contributed by atoms with Gasteiger partial charge >= 0.3 is 0 Å². The van der Waals surface area contributed by atoms with Crippen LogP contribution in [0.25, 0.3) is 5.69 Å². The van der Waals surface area contributed by atoms with Crippen molar-refractivity contribution < 1.29 is 9.18 Å². The minimum atomic E-state index is -0.434. The van der Waals surface area contributed by atoms with Gasteiger partial charge in [-0.25, -0.2) is 4.39 Å². The third-order valence-electron chi connectivity index (χ3n) is 3.73. The second kappa shape index (κ2) is 7.43. The molecule has 1 heterocycles. The molecule has 0 radical (unpaired) electrons. The van der Waals surface area contributed by atoms with E-state index in [1.165, 1.54) is 10.7 Å². The number of anilines is 1. The fraction of sp³-hybridized carbons (Fsp3) is 0.176. The Bertz CT molecular complexity index is 912. The van der Waals surface area contributed by atoms with Crippen molar-refractivity contribution >= 4 is 23.4 Å². The highest BCUT2D eigenvalue weighted by Gasteiger charge is 2.14. The van der Waals surface area contributed by atoms with Gasteiger partial charge in [0.2, 0.25) is 11.1 Å². The number of thioether (sulfide) groups is 1. The van der Waals surface area contributed by atoms with E-state index in [-0.39, 0.29) is 17.3 Å². The van der Waals surface area contributed by atoms with Crippen LogP contribution in [0.1, 0.15) is 11.1 Å². The molecule has 0 atom stereocenters. The minimum absolute atomic E-state index is 0.113. The zero-order valence-corrected chi connectivity index (χ0v) is 14.5. The third kappa shape index (κ3) is 3.85. The number of benzene rings is 2. The zero-order valence-electron chi connectivity index (χ0n) is 13.7. The summed E-state index contributed by atoms with van der Waals surface area (Å²) in [5.74, 6) is -0.499. The number of halogens is 1. The first-order chi connectivity index (χ1) is 12.1. The van der Waals surface area contributed by atoms with Crippen molar-refractivity contribution in [2.24, 2.45) is 0 Å². The lowest BCUT2D eigenvalue weighted by molar-refractivity contribution is -0.113. The van der Waals surface area contributed by atoms with Crippen molar-refractivity contribution in [3.63, 3.8) is 0 Å². The standard InChI is InChI=1S/C17H16FN5OS/c1-11-6-5-8-14(12(11)2)19-16(24)10-25-17-20-21-22-23(17)15-9-4-3-7-13(15)18/h3-9H,10H2,1-2H3,(H,19,24). The Morgan fingerprint density at radius 2 is 2.00 bits per heavy atom. The smallest absolute Gasteiger partial charge is 0.234 e. The fourth-order valence-electron chi connectivity index (χ4n) is 2.25. The number of carbonyl (C=O) groups is 1. The summed E-state index contributed by atoms with van der Waals surface area (Å²) in [5.41, 5.74) is 3.15. The third-order valence-corrected chi connectivity index (χ3v) is 4.65. The van der Waals surface area contributed by atoms with Crippen LogP contribution >= 0.6 is 11.8 Å². The molecule has 3 aromatic rings. The Hall–Kier alpha value is -2.74. The maximum absolute atomic E-state index is 13.9. The Labute approximate surface area is 148 Å². The summed E-state index contributed by atoms with van der Waals surface area (Å²) < 4.78 is 15.2. The summed E-state index contributed by atoms with van der Waals surface area (Å²) in [6.07, 6.45) is 0. The Balaban J connectivity index is 1.69. The second-order valence-electron chi connectivity index (χ2n) is 5.41. The van der Waals surface area contributed by atoms with E-state index in [1.807, 2.05) is 32.0 Å². The lowest BCUT2D eigenvalue weighted by atomic mass is 10.1. The monoisotopic (exact) mass is 357 g/mol. The second-order valence-corrected chi connectivity index (χ2v) is 6.35. The van der Waals surface area contributed by atoms with Crippen molar-refractivity contribution in [3.8, 4) is 5.69 Å². The van der Waals surface area contributed by atoms with Crippen LogP contribution in [-0.2, 0) is 4.79 Å². The predicted octanol–water partition coefficient (Wildman–Crippen LogP) is 3.15. The van der Waals surface area contributed by atoms with Gasteiger partial charge in [0.25, 0.3) is 0 Å². The molecule has 0 aliphatic heterocycles. The number of hydrogen-bond acceptors (Lipinski definition) is 5. The number of tetrazole rings is 1. The van der Waals surface area contributed by atoms with Crippen LogP contribution in [0.2, 0.25) is 0 Å². The molecule has 1 amide bonds. The Morgan fingerprint density at radius 3 is 2.80 bits per heavy atom. The van der Waals surface area contributed by atoms with E-state index < -0.39 is 5.82 Å². The largest absolute Gasteiger partial charge is 0.325 e. The van der Waals surface area contributed by atoms with Gasteiger partial charge in [-0.2, -0.15) is 4.68 Å². The van der Waals surface area contributed by atoms with Crippen LogP contribution in [0, 0.1) is 19.7 Å². The Morgan fingerprint density at radius 1 is 1.20 bits per heavy atom. The number of carbonyl (C=O) groups excluding carboxylic acids is 1. The summed E-state index contributed by atoms with van der Waals surface area (Å²) in [7, 11) is 0. The molecule has 1 N–H and O–H groups in total. The summed E-state index contributed by atoms with van der Waals surface area (Å²) in [4.78, 5) is 12.2. The number of aromatic nitrogens is 4. The molecular formula is C17H16FN5OS. The minimum Gasteiger partial charge on any atom is -0.325 e. The van der Waals surface area contributed by atoms with Crippen molar-refractivity contribution in [2.75, 3.05) is 11.1 Å². The first kappa shape index (κ1) is 17.1.